The molecule has 0 radical (unpaired) electrons. The van der Waals surface area contributed by atoms with Crippen LogP contribution < -0.4 is 0 Å². The average molecular weight is 665 g/mol. The highest BCUT2D eigenvalue weighted by atomic mass is 16.3. The predicted molar refractivity (Wildman–Crippen MR) is 213 cm³/mol. The second-order valence-electron chi connectivity index (χ2n) is 13.3. The minimum atomic E-state index is 0.610. The van der Waals surface area contributed by atoms with Gasteiger partial charge in [-0.1, -0.05) is 103 Å². The number of rotatable bonds is 4. The van der Waals surface area contributed by atoms with Crippen molar-refractivity contribution in [2.24, 2.45) is 0 Å². The third kappa shape index (κ3) is 4.46. The summed E-state index contributed by atoms with van der Waals surface area (Å²) in [5.74, 6) is 1.86. The third-order valence-corrected chi connectivity index (χ3v) is 10.2. The Kier molecular flexibility index (Phi) is 6.18. The van der Waals surface area contributed by atoms with E-state index in [1.54, 1.807) is 0 Å². The largest absolute Gasteiger partial charge is 0.456 e. The van der Waals surface area contributed by atoms with Gasteiger partial charge in [-0.3, -0.25) is 0 Å². The number of benzene rings is 8. The van der Waals surface area contributed by atoms with Crippen LogP contribution in [0.3, 0.4) is 0 Å². The fourth-order valence-electron chi connectivity index (χ4n) is 7.73. The van der Waals surface area contributed by atoms with Gasteiger partial charge in [-0.2, -0.15) is 0 Å². The summed E-state index contributed by atoms with van der Waals surface area (Å²) in [6, 6.07) is 59.3. The van der Waals surface area contributed by atoms with Crippen LogP contribution in [0.2, 0.25) is 0 Å². The van der Waals surface area contributed by atoms with E-state index in [1.165, 1.54) is 32.6 Å². The fourth-order valence-corrected chi connectivity index (χ4v) is 7.73. The first-order chi connectivity index (χ1) is 25.7. The number of furan rings is 1. The van der Waals surface area contributed by atoms with E-state index in [0.717, 1.165) is 55.1 Å². The summed E-state index contributed by atoms with van der Waals surface area (Å²) in [7, 11) is 0. The Hall–Kier alpha value is -7.11. The second kappa shape index (κ2) is 11.2. The molecule has 0 bridgehead atoms. The first-order valence-electron chi connectivity index (χ1n) is 17.4. The molecule has 52 heavy (non-hydrogen) atoms. The Morgan fingerprint density at radius 2 is 0.981 bits per heavy atom. The lowest BCUT2D eigenvalue weighted by atomic mass is 10.0. The lowest BCUT2D eigenvalue weighted by Gasteiger charge is -2.12. The number of nitrogens with zero attached hydrogens (tertiary/aromatic N) is 4. The minimum Gasteiger partial charge on any atom is -0.456 e. The Labute approximate surface area is 298 Å². The van der Waals surface area contributed by atoms with Gasteiger partial charge in [-0.05, 0) is 88.3 Å². The van der Waals surface area contributed by atoms with Gasteiger partial charge in [0.15, 0.2) is 17.5 Å². The van der Waals surface area contributed by atoms with Crippen LogP contribution in [-0.4, -0.2) is 19.5 Å². The summed E-state index contributed by atoms with van der Waals surface area (Å²) in [6.07, 6.45) is 0. The van der Waals surface area contributed by atoms with Crippen LogP contribution in [0, 0.1) is 0 Å². The maximum Gasteiger partial charge on any atom is 0.164 e. The highest BCUT2D eigenvalue weighted by Crippen LogP contribution is 2.37. The lowest BCUT2D eigenvalue weighted by Crippen LogP contribution is -2.01. The summed E-state index contributed by atoms with van der Waals surface area (Å²) < 4.78 is 8.49. The van der Waals surface area contributed by atoms with Crippen molar-refractivity contribution in [2.75, 3.05) is 0 Å². The monoisotopic (exact) mass is 664 g/mol. The normalized spacial score (nSPS) is 11.8. The molecule has 11 aromatic rings. The van der Waals surface area contributed by atoms with Crippen LogP contribution in [0.25, 0.3) is 105 Å². The number of fused-ring (bicyclic) bond motifs is 8. The van der Waals surface area contributed by atoms with E-state index < -0.39 is 0 Å². The van der Waals surface area contributed by atoms with Gasteiger partial charge >= 0.3 is 0 Å². The number of hydrogen-bond donors (Lipinski definition) is 0. The van der Waals surface area contributed by atoms with Gasteiger partial charge in [-0.25, -0.2) is 15.0 Å². The molecule has 8 aromatic carbocycles. The van der Waals surface area contributed by atoms with E-state index in [4.69, 9.17) is 19.4 Å². The molecule has 0 aliphatic heterocycles. The number of hydrogen-bond acceptors (Lipinski definition) is 4. The number of para-hydroxylation sites is 2. The van der Waals surface area contributed by atoms with Crippen molar-refractivity contribution >= 4 is 65.3 Å². The van der Waals surface area contributed by atoms with Crippen LogP contribution in [0.4, 0.5) is 0 Å². The van der Waals surface area contributed by atoms with Crippen molar-refractivity contribution < 1.29 is 4.42 Å². The van der Waals surface area contributed by atoms with Crippen molar-refractivity contribution in [2.45, 2.75) is 0 Å². The molecule has 5 heteroatoms. The van der Waals surface area contributed by atoms with Crippen molar-refractivity contribution in [3.8, 4) is 39.9 Å². The fraction of sp³-hybridized carbons (Fsp3) is 0. The molecule has 0 atom stereocenters. The molecule has 11 rings (SSSR count). The Bertz CT molecular complexity index is 3190. The standard InChI is InChI=1S/C47H28N4O/c1-2-12-32-28-42-39(26-31(32)11-1)36-15-5-7-18-41(36)51(42)34-23-20-30(21-24-34)45-48-46(33-22-25-44-40(27-33)37-16-6-8-19-43(37)52-44)50-47(49-45)38-17-9-13-29-10-3-4-14-35(29)38/h1-28H. The summed E-state index contributed by atoms with van der Waals surface area (Å²) in [5.41, 5.74) is 7.89. The van der Waals surface area contributed by atoms with Gasteiger partial charge in [0.2, 0.25) is 0 Å². The third-order valence-electron chi connectivity index (χ3n) is 10.2. The van der Waals surface area contributed by atoms with Crippen LogP contribution in [-0.2, 0) is 0 Å². The van der Waals surface area contributed by atoms with Crippen molar-refractivity contribution in [1.29, 1.82) is 0 Å². The molecule has 3 heterocycles. The molecule has 0 spiro atoms. The van der Waals surface area contributed by atoms with E-state index in [-0.39, 0.29) is 0 Å². The topological polar surface area (TPSA) is 56.7 Å². The Morgan fingerprint density at radius 1 is 0.365 bits per heavy atom. The average Bonchev–Trinajstić information content (AvgIpc) is 3.74. The zero-order chi connectivity index (χ0) is 34.2. The smallest absolute Gasteiger partial charge is 0.164 e. The van der Waals surface area contributed by atoms with Crippen molar-refractivity contribution in [3.05, 3.63) is 170 Å². The molecule has 5 nitrogen and oxygen atoms in total. The summed E-state index contributed by atoms with van der Waals surface area (Å²) >= 11 is 0. The predicted octanol–water partition coefficient (Wildman–Crippen LogP) is 12.2. The maximum atomic E-state index is 6.14. The van der Waals surface area contributed by atoms with Gasteiger partial charge in [0.05, 0.1) is 11.0 Å². The molecule has 242 valence electrons. The summed E-state index contributed by atoms with van der Waals surface area (Å²) in [5, 5.41) is 9.26. The maximum absolute atomic E-state index is 6.14. The van der Waals surface area contributed by atoms with Gasteiger partial charge in [0.1, 0.15) is 11.2 Å². The zero-order valence-electron chi connectivity index (χ0n) is 27.9. The molecular formula is C47H28N4O. The molecule has 0 N–H and O–H groups in total. The molecule has 0 aliphatic rings. The molecule has 0 amide bonds. The Morgan fingerprint density at radius 3 is 1.83 bits per heavy atom. The van der Waals surface area contributed by atoms with Crippen molar-refractivity contribution in [1.82, 2.24) is 19.5 Å². The number of aromatic nitrogens is 4. The van der Waals surface area contributed by atoms with E-state index in [1.807, 2.05) is 30.3 Å². The first-order valence-corrected chi connectivity index (χ1v) is 17.4. The van der Waals surface area contributed by atoms with E-state index in [0.29, 0.717) is 17.5 Å². The van der Waals surface area contributed by atoms with E-state index in [9.17, 15) is 0 Å². The van der Waals surface area contributed by atoms with Gasteiger partial charge < -0.3 is 8.98 Å². The van der Waals surface area contributed by atoms with Gasteiger partial charge in [0.25, 0.3) is 0 Å². The van der Waals surface area contributed by atoms with E-state index >= 15 is 0 Å². The van der Waals surface area contributed by atoms with Gasteiger partial charge in [-0.15, -0.1) is 0 Å². The minimum absolute atomic E-state index is 0.610. The Balaban J connectivity index is 1.09. The summed E-state index contributed by atoms with van der Waals surface area (Å²) in [6.45, 7) is 0. The quantitative estimate of drug-likeness (QED) is 0.188. The summed E-state index contributed by atoms with van der Waals surface area (Å²) in [4.78, 5) is 15.4. The van der Waals surface area contributed by atoms with Gasteiger partial charge in [0, 0.05) is 43.9 Å². The SMILES string of the molecule is c1ccc2cc3c(cc2c1)c1ccccc1n3-c1ccc(-c2nc(-c3ccc4oc5ccccc5c4c3)nc(-c3cccc4ccccc34)n2)cc1. The van der Waals surface area contributed by atoms with Crippen LogP contribution in [0.5, 0.6) is 0 Å². The molecule has 0 unspecified atom stereocenters. The molecular weight excluding hydrogens is 637 g/mol. The van der Waals surface area contributed by atoms with Crippen LogP contribution >= 0.6 is 0 Å². The van der Waals surface area contributed by atoms with Crippen LogP contribution in [0.15, 0.2) is 174 Å². The molecule has 0 aliphatic carbocycles. The molecule has 0 fully saturated rings. The first kappa shape index (κ1) is 28.7. The molecule has 0 saturated carbocycles. The van der Waals surface area contributed by atoms with Crippen LogP contribution in [0.1, 0.15) is 0 Å². The second-order valence-corrected chi connectivity index (χ2v) is 13.3. The highest BCUT2D eigenvalue weighted by molar-refractivity contribution is 6.13. The molecule has 3 aromatic heterocycles. The zero-order valence-corrected chi connectivity index (χ0v) is 27.9. The van der Waals surface area contributed by atoms with Crippen molar-refractivity contribution in [3.63, 3.8) is 0 Å². The van der Waals surface area contributed by atoms with E-state index in [2.05, 4.69) is 144 Å². The molecule has 0 saturated heterocycles. The highest BCUT2D eigenvalue weighted by Gasteiger charge is 2.17. The lowest BCUT2D eigenvalue weighted by molar-refractivity contribution is 0.669.